The van der Waals surface area contributed by atoms with Gasteiger partial charge >= 0.3 is 6.09 Å². The Bertz CT molecular complexity index is 410. The molecular weight excluding hydrogens is 268 g/mol. The van der Waals surface area contributed by atoms with Crippen molar-refractivity contribution in [1.82, 2.24) is 15.5 Å². The summed E-state index contributed by atoms with van der Waals surface area (Å²) in [5.41, 5.74) is -0.436. The van der Waals surface area contributed by atoms with Crippen LogP contribution < -0.4 is 10.6 Å². The van der Waals surface area contributed by atoms with Crippen molar-refractivity contribution in [1.29, 1.82) is 0 Å². The molecule has 0 aromatic rings. The van der Waals surface area contributed by atoms with Crippen molar-refractivity contribution in [2.75, 3.05) is 19.6 Å². The Kier molecular flexibility index (Phi) is 4.64. The quantitative estimate of drug-likeness (QED) is 0.613. The number of rotatable bonds is 3. The monoisotopic (exact) mass is 296 g/mol. The number of amides is 1. The minimum Gasteiger partial charge on any atom is -0.444 e. The SMILES string of the molecule is CCN=C(NC1CN(C(=O)OC(C)(C)C)C1)NC1CC1C. The van der Waals surface area contributed by atoms with Gasteiger partial charge in [0.25, 0.3) is 0 Å². The maximum absolute atomic E-state index is 11.9. The van der Waals surface area contributed by atoms with E-state index in [0.29, 0.717) is 19.1 Å². The van der Waals surface area contributed by atoms with E-state index in [1.54, 1.807) is 4.90 Å². The van der Waals surface area contributed by atoms with Crippen LogP contribution in [0.2, 0.25) is 0 Å². The first-order chi connectivity index (χ1) is 9.78. The maximum atomic E-state index is 11.9. The molecule has 120 valence electrons. The van der Waals surface area contributed by atoms with Crippen LogP contribution in [-0.2, 0) is 4.74 Å². The Morgan fingerprint density at radius 2 is 1.95 bits per heavy atom. The number of carbonyl (C=O) groups is 1. The maximum Gasteiger partial charge on any atom is 0.410 e. The van der Waals surface area contributed by atoms with E-state index in [2.05, 4.69) is 22.5 Å². The first kappa shape index (κ1) is 15.9. The summed E-state index contributed by atoms with van der Waals surface area (Å²) < 4.78 is 5.34. The van der Waals surface area contributed by atoms with Gasteiger partial charge < -0.3 is 20.3 Å². The molecule has 21 heavy (non-hydrogen) atoms. The molecule has 2 unspecified atom stereocenters. The van der Waals surface area contributed by atoms with Gasteiger partial charge in [0.05, 0.1) is 6.04 Å². The van der Waals surface area contributed by atoms with Crippen LogP contribution in [0, 0.1) is 5.92 Å². The summed E-state index contributed by atoms with van der Waals surface area (Å²) in [6.07, 6.45) is 0.970. The van der Waals surface area contributed by atoms with Crippen LogP contribution in [0.1, 0.15) is 41.0 Å². The molecule has 1 heterocycles. The second-order valence-corrected chi connectivity index (χ2v) is 7.01. The molecule has 0 bridgehead atoms. The average molecular weight is 296 g/mol. The minimum absolute atomic E-state index is 0.238. The van der Waals surface area contributed by atoms with Crippen molar-refractivity contribution in [3.8, 4) is 0 Å². The van der Waals surface area contributed by atoms with Crippen LogP contribution in [0.15, 0.2) is 4.99 Å². The third kappa shape index (κ3) is 4.79. The van der Waals surface area contributed by atoms with Crippen molar-refractivity contribution >= 4 is 12.1 Å². The largest absolute Gasteiger partial charge is 0.444 e. The molecule has 0 aromatic carbocycles. The molecule has 1 saturated heterocycles. The van der Waals surface area contributed by atoms with Crippen LogP contribution >= 0.6 is 0 Å². The summed E-state index contributed by atoms with van der Waals surface area (Å²) >= 11 is 0. The summed E-state index contributed by atoms with van der Waals surface area (Å²) in [5.74, 6) is 1.59. The molecule has 1 saturated carbocycles. The average Bonchev–Trinajstić information content (AvgIpc) is 2.96. The second kappa shape index (κ2) is 6.12. The van der Waals surface area contributed by atoms with Gasteiger partial charge in [0.15, 0.2) is 5.96 Å². The minimum atomic E-state index is -0.436. The van der Waals surface area contributed by atoms with E-state index in [9.17, 15) is 4.79 Å². The van der Waals surface area contributed by atoms with E-state index in [-0.39, 0.29) is 12.1 Å². The lowest BCUT2D eigenvalue weighted by Gasteiger charge is -2.40. The summed E-state index contributed by atoms with van der Waals surface area (Å²) in [6.45, 7) is 12.0. The molecule has 2 N–H and O–H groups in total. The lowest BCUT2D eigenvalue weighted by atomic mass is 10.1. The summed E-state index contributed by atoms with van der Waals surface area (Å²) in [6, 6.07) is 0.800. The zero-order valence-corrected chi connectivity index (χ0v) is 13.8. The zero-order chi connectivity index (χ0) is 15.6. The number of hydrogen-bond acceptors (Lipinski definition) is 3. The lowest BCUT2D eigenvalue weighted by Crippen LogP contribution is -2.63. The molecule has 0 spiro atoms. The predicted octanol–water partition coefficient (Wildman–Crippen LogP) is 1.57. The number of aliphatic imine (C=N–C) groups is 1. The Balaban J connectivity index is 1.73. The molecule has 2 atom stereocenters. The standard InChI is InChI=1S/C15H28N4O2/c1-6-16-13(18-12-7-10(12)2)17-11-8-19(9-11)14(20)21-15(3,4)5/h10-12H,6-9H2,1-5H3,(H2,16,17,18). The summed E-state index contributed by atoms with van der Waals surface area (Å²) in [7, 11) is 0. The van der Waals surface area contributed by atoms with Crippen LogP contribution in [0.25, 0.3) is 0 Å². The molecule has 2 fully saturated rings. The number of likely N-dealkylation sites (tertiary alicyclic amines) is 1. The molecule has 0 aromatic heterocycles. The number of carbonyl (C=O) groups excluding carboxylic acids is 1. The van der Waals surface area contributed by atoms with Gasteiger partial charge in [-0.25, -0.2) is 4.79 Å². The number of guanidine groups is 1. The van der Waals surface area contributed by atoms with Crippen LogP contribution in [0.4, 0.5) is 4.79 Å². The Labute approximate surface area is 127 Å². The van der Waals surface area contributed by atoms with E-state index in [0.717, 1.165) is 18.4 Å². The van der Waals surface area contributed by atoms with E-state index < -0.39 is 5.60 Å². The van der Waals surface area contributed by atoms with Gasteiger partial charge in [-0.05, 0) is 40.0 Å². The van der Waals surface area contributed by atoms with Gasteiger partial charge in [0.2, 0.25) is 0 Å². The highest BCUT2D eigenvalue weighted by Crippen LogP contribution is 2.28. The molecule has 1 aliphatic carbocycles. The van der Waals surface area contributed by atoms with Crippen molar-refractivity contribution in [3.05, 3.63) is 0 Å². The third-order valence-electron chi connectivity index (χ3n) is 3.62. The van der Waals surface area contributed by atoms with Crippen molar-refractivity contribution in [2.45, 2.75) is 58.7 Å². The highest BCUT2D eigenvalue weighted by Gasteiger charge is 2.36. The Morgan fingerprint density at radius 1 is 1.33 bits per heavy atom. The fourth-order valence-corrected chi connectivity index (χ4v) is 2.23. The Morgan fingerprint density at radius 3 is 2.43 bits per heavy atom. The number of ether oxygens (including phenoxy) is 1. The lowest BCUT2D eigenvalue weighted by molar-refractivity contribution is 0.00700. The molecule has 2 rings (SSSR count). The molecule has 1 amide bonds. The van der Waals surface area contributed by atoms with Crippen LogP contribution in [0.3, 0.4) is 0 Å². The van der Waals surface area contributed by atoms with Gasteiger partial charge in [-0.2, -0.15) is 0 Å². The third-order valence-corrected chi connectivity index (χ3v) is 3.62. The van der Waals surface area contributed by atoms with Crippen molar-refractivity contribution in [2.24, 2.45) is 10.9 Å². The van der Waals surface area contributed by atoms with Crippen molar-refractivity contribution < 1.29 is 9.53 Å². The second-order valence-electron chi connectivity index (χ2n) is 7.01. The van der Waals surface area contributed by atoms with E-state index >= 15 is 0 Å². The number of hydrogen-bond donors (Lipinski definition) is 2. The van der Waals surface area contributed by atoms with Crippen LogP contribution in [0.5, 0.6) is 0 Å². The van der Waals surface area contributed by atoms with Gasteiger partial charge in [-0.1, -0.05) is 6.92 Å². The predicted molar refractivity (Wildman–Crippen MR) is 83.4 cm³/mol. The normalized spacial score (nSPS) is 26.1. The van der Waals surface area contributed by atoms with Gasteiger partial charge in [-0.15, -0.1) is 0 Å². The van der Waals surface area contributed by atoms with E-state index in [1.807, 2.05) is 27.7 Å². The first-order valence-electron chi connectivity index (χ1n) is 7.84. The molecule has 1 aliphatic heterocycles. The van der Waals surface area contributed by atoms with Crippen molar-refractivity contribution in [3.63, 3.8) is 0 Å². The van der Waals surface area contributed by atoms with Gasteiger partial charge in [-0.3, -0.25) is 4.99 Å². The molecule has 2 aliphatic rings. The molecule has 6 heteroatoms. The zero-order valence-electron chi connectivity index (χ0n) is 13.8. The Hall–Kier alpha value is -1.46. The van der Waals surface area contributed by atoms with E-state index in [4.69, 9.17) is 4.74 Å². The topological polar surface area (TPSA) is 66.0 Å². The molecule has 6 nitrogen and oxygen atoms in total. The fourth-order valence-electron chi connectivity index (χ4n) is 2.23. The number of nitrogens with one attached hydrogen (secondary N) is 2. The highest BCUT2D eigenvalue weighted by atomic mass is 16.6. The molecule has 0 radical (unpaired) electrons. The van der Waals surface area contributed by atoms with Gasteiger partial charge in [0, 0.05) is 25.7 Å². The highest BCUT2D eigenvalue weighted by molar-refractivity contribution is 5.81. The van der Waals surface area contributed by atoms with Crippen LogP contribution in [-0.4, -0.2) is 54.3 Å². The van der Waals surface area contributed by atoms with Gasteiger partial charge in [0.1, 0.15) is 5.60 Å². The molecular formula is C15H28N4O2. The van der Waals surface area contributed by atoms with E-state index in [1.165, 1.54) is 6.42 Å². The fraction of sp³-hybridized carbons (Fsp3) is 0.867. The summed E-state index contributed by atoms with van der Waals surface area (Å²) in [4.78, 5) is 18.0. The summed E-state index contributed by atoms with van der Waals surface area (Å²) in [5, 5.41) is 6.81. The smallest absolute Gasteiger partial charge is 0.410 e. The first-order valence-corrected chi connectivity index (χ1v) is 7.84. The number of nitrogens with zero attached hydrogens (tertiary/aromatic N) is 2.